The molecule has 3 aromatic rings. The van der Waals surface area contributed by atoms with Crippen LogP contribution in [0.5, 0.6) is 0 Å². The van der Waals surface area contributed by atoms with Gasteiger partial charge in [-0.1, -0.05) is 12.1 Å². The average molecular weight is 311 g/mol. The molecule has 4 nitrogen and oxygen atoms in total. The third-order valence-corrected chi connectivity index (χ3v) is 4.76. The second kappa shape index (κ2) is 5.85. The number of nitrogens with two attached hydrogens (primary N) is 1. The van der Waals surface area contributed by atoms with Gasteiger partial charge in [-0.25, -0.2) is 4.98 Å². The van der Waals surface area contributed by atoms with Crippen molar-refractivity contribution < 1.29 is 0 Å². The fraction of sp³-hybridized carbons (Fsp3) is 0.176. The van der Waals surface area contributed by atoms with E-state index in [1.54, 1.807) is 0 Å². The molecular weight excluding hydrogens is 294 g/mol. The normalized spacial score (nSPS) is 11.0. The van der Waals surface area contributed by atoms with Crippen molar-refractivity contribution in [2.45, 2.75) is 24.5 Å². The summed E-state index contributed by atoms with van der Waals surface area (Å²) in [5.41, 5.74) is 10.9. The quantitative estimate of drug-likeness (QED) is 0.574. The number of H-pyrrole nitrogens is 1. The van der Waals surface area contributed by atoms with E-state index in [1.807, 2.05) is 50.2 Å². The van der Waals surface area contributed by atoms with Crippen LogP contribution >= 0.6 is 11.8 Å². The van der Waals surface area contributed by atoms with Crippen LogP contribution in [0.3, 0.4) is 0 Å². The monoisotopic (exact) mass is 311 g/mol. The zero-order valence-electron chi connectivity index (χ0n) is 12.5. The highest BCUT2D eigenvalue weighted by Gasteiger charge is 2.08. The number of nitrogen functional groups attached to an aromatic ring is 1. The summed E-state index contributed by atoms with van der Waals surface area (Å²) < 4.78 is 0. The SMILES string of the molecule is Cc1cc2nc(CSc3ccccc3N)c(=O)[nH]c2cc1C. The molecule has 0 aliphatic carbocycles. The number of thioether (sulfide) groups is 1. The highest BCUT2D eigenvalue weighted by Crippen LogP contribution is 2.26. The second-order valence-corrected chi connectivity index (χ2v) is 6.31. The molecular formula is C17H17N3OS. The van der Waals surface area contributed by atoms with Crippen molar-refractivity contribution in [3.05, 3.63) is 63.6 Å². The summed E-state index contributed by atoms with van der Waals surface area (Å²) >= 11 is 1.52. The summed E-state index contributed by atoms with van der Waals surface area (Å²) in [6, 6.07) is 11.6. The molecule has 0 bridgehead atoms. The van der Waals surface area contributed by atoms with E-state index in [0.29, 0.717) is 11.4 Å². The standard InChI is InChI=1S/C17H17N3OS/c1-10-7-13-14(8-11(10)2)20-17(21)15(19-13)9-22-16-6-4-3-5-12(16)18/h3-8H,9,18H2,1-2H3,(H,20,21). The Morgan fingerprint density at radius 3 is 2.68 bits per heavy atom. The van der Waals surface area contributed by atoms with Gasteiger partial charge < -0.3 is 10.7 Å². The van der Waals surface area contributed by atoms with Crippen molar-refractivity contribution in [1.29, 1.82) is 0 Å². The lowest BCUT2D eigenvalue weighted by Crippen LogP contribution is -2.14. The van der Waals surface area contributed by atoms with Gasteiger partial charge in [0.15, 0.2) is 0 Å². The number of para-hydroxylation sites is 1. The maximum atomic E-state index is 12.2. The number of hydrogen-bond donors (Lipinski definition) is 2. The molecule has 22 heavy (non-hydrogen) atoms. The zero-order chi connectivity index (χ0) is 15.7. The molecule has 2 aromatic carbocycles. The predicted molar refractivity (Wildman–Crippen MR) is 92.3 cm³/mol. The van der Waals surface area contributed by atoms with Crippen LogP contribution in [0.2, 0.25) is 0 Å². The van der Waals surface area contributed by atoms with Gasteiger partial charge in [-0.15, -0.1) is 11.8 Å². The second-order valence-electron chi connectivity index (χ2n) is 5.29. The molecule has 0 amide bonds. The van der Waals surface area contributed by atoms with Crippen LogP contribution in [0.25, 0.3) is 11.0 Å². The summed E-state index contributed by atoms with van der Waals surface area (Å²) in [5, 5.41) is 0. The lowest BCUT2D eigenvalue weighted by atomic mass is 10.1. The lowest BCUT2D eigenvalue weighted by Gasteiger charge is -2.07. The van der Waals surface area contributed by atoms with Gasteiger partial charge in [0.05, 0.1) is 11.0 Å². The van der Waals surface area contributed by atoms with E-state index in [0.717, 1.165) is 32.7 Å². The molecule has 0 aliphatic rings. The van der Waals surface area contributed by atoms with Crippen LogP contribution in [0.4, 0.5) is 5.69 Å². The highest BCUT2D eigenvalue weighted by atomic mass is 32.2. The smallest absolute Gasteiger partial charge is 0.271 e. The number of benzene rings is 2. The van der Waals surface area contributed by atoms with Crippen molar-refractivity contribution in [2.24, 2.45) is 0 Å². The molecule has 0 fully saturated rings. The Bertz CT molecular complexity index is 902. The van der Waals surface area contributed by atoms with Gasteiger partial charge in [-0.3, -0.25) is 4.79 Å². The number of rotatable bonds is 3. The minimum absolute atomic E-state index is 0.141. The Labute approximate surface area is 132 Å². The molecule has 0 atom stereocenters. The van der Waals surface area contributed by atoms with Gasteiger partial charge in [-0.05, 0) is 49.2 Å². The molecule has 5 heteroatoms. The van der Waals surface area contributed by atoms with Crippen molar-refractivity contribution >= 4 is 28.5 Å². The molecule has 0 radical (unpaired) electrons. The summed E-state index contributed by atoms with van der Waals surface area (Å²) in [6.45, 7) is 4.07. The molecule has 3 rings (SSSR count). The van der Waals surface area contributed by atoms with E-state index in [9.17, 15) is 4.79 Å². The molecule has 1 heterocycles. The number of aromatic nitrogens is 2. The lowest BCUT2D eigenvalue weighted by molar-refractivity contribution is 1.10. The van der Waals surface area contributed by atoms with E-state index in [4.69, 9.17) is 5.73 Å². The minimum atomic E-state index is -0.141. The zero-order valence-corrected chi connectivity index (χ0v) is 13.3. The third-order valence-electron chi connectivity index (χ3n) is 3.66. The largest absolute Gasteiger partial charge is 0.398 e. The van der Waals surface area contributed by atoms with E-state index in [-0.39, 0.29) is 5.56 Å². The average Bonchev–Trinajstić information content (AvgIpc) is 2.48. The van der Waals surface area contributed by atoms with Crippen molar-refractivity contribution in [3.8, 4) is 0 Å². The first kappa shape index (κ1) is 14.7. The fourth-order valence-electron chi connectivity index (χ4n) is 2.24. The Morgan fingerprint density at radius 2 is 1.91 bits per heavy atom. The molecule has 112 valence electrons. The topological polar surface area (TPSA) is 71.8 Å². The summed E-state index contributed by atoms with van der Waals surface area (Å²) in [4.78, 5) is 20.6. The molecule has 0 saturated carbocycles. The number of anilines is 1. The van der Waals surface area contributed by atoms with Crippen LogP contribution < -0.4 is 11.3 Å². The highest BCUT2D eigenvalue weighted by molar-refractivity contribution is 7.98. The Balaban J connectivity index is 1.94. The molecule has 1 aromatic heterocycles. The first-order valence-electron chi connectivity index (χ1n) is 7.02. The van der Waals surface area contributed by atoms with Crippen LogP contribution in [-0.4, -0.2) is 9.97 Å². The molecule has 0 saturated heterocycles. The Morgan fingerprint density at radius 1 is 1.18 bits per heavy atom. The first-order valence-corrected chi connectivity index (χ1v) is 8.00. The number of fused-ring (bicyclic) bond motifs is 1. The Hall–Kier alpha value is -2.27. The number of nitrogens with one attached hydrogen (secondary N) is 1. The molecule has 0 unspecified atom stereocenters. The van der Waals surface area contributed by atoms with Crippen molar-refractivity contribution in [2.75, 3.05) is 5.73 Å². The fourth-order valence-corrected chi connectivity index (χ4v) is 3.14. The molecule has 3 N–H and O–H groups in total. The van der Waals surface area contributed by atoms with Crippen LogP contribution in [0, 0.1) is 13.8 Å². The predicted octanol–water partition coefficient (Wildman–Crippen LogP) is 3.41. The van der Waals surface area contributed by atoms with Gasteiger partial charge in [0.2, 0.25) is 0 Å². The third kappa shape index (κ3) is 2.85. The van der Waals surface area contributed by atoms with Crippen LogP contribution in [0.15, 0.2) is 46.1 Å². The van der Waals surface area contributed by atoms with Crippen LogP contribution in [-0.2, 0) is 5.75 Å². The van der Waals surface area contributed by atoms with Crippen molar-refractivity contribution in [3.63, 3.8) is 0 Å². The Kier molecular flexibility index (Phi) is 3.90. The van der Waals surface area contributed by atoms with Gasteiger partial charge in [0.1, 0.15) is 5.69 Å². The molecule has 0 spiro atoms. The molecule has 0 aliphatic heterocycles. The van der Waals surface area contributed by atoms with E-state index >= 15 is 0 Å². The summed E-state index contributed by atoms with van der Waals surface area (Å²) in [7, 11) is 0. The van der Waals surface area contributed by atoms with Crippen molar-refractivity contribution in [1.82, 2.24) is 9.97 Å². The summed E-state index contributed by atoms with van der Waals surface area (Å²) in [6.07, 6.45) is 0. The number of hydrogen-bond acceptors (Lipinski definition) is 4. The van der Waals surface area contributed by atoms with Gasteiger partial charge in [0, 0.05) is 16.3 Å². The van der Waals surface area contributed by atoms with E-state index < -0.39 is 0 Å². The number of aryl methyl sites for hydroxylation is 2. The first-order chi connectivity index (χ1) is 10.5. The number of aromatic amines is 1. The van der Waals surface area contributed by atoms with E-state index in [2.05, 4.69) is 9.97 Å². The van der Waals surface area contributed by atoms with Gasteiger partial charge in [0.25, 0.3) is 5.56 Å². The van der Waals surface area contributed by atoms with Gasteiger partial charge >= 0.3 is 0 Å². The maximum absolute atomic E-state index is 12.2. The maximum Gasteiger partial charge on any atom is 0.271 e. The van der Waals surface area contributed by atoms with Gasteiger partial charge in [-0.2, -0.15) is 0 Å². The van der Waals surface area contributed by atoms with E-state index in [1.165, 1.54) is 11.8 Å². The minimum Gasteiger partial charge on any atom is -0.398 e. The summed E-state index contributed by atoms with van der Waals surface area (Å²) in [5.74, 6) is 0.492. The number of nitrogens with zero attached hydrogens (tertiary/aromatic N) is 1. The van der Waals surface area contributed by atoms with Crippen LogP contribution in [0.1, 0.15) is 16.8 Å².